The summed E-state index contributed by atoms with van der Waals surface area (Å²) in [5.74, 6) is -3.00. The highest BCUT2D eigenvalue weighted by Gasteiger charge is 2.28. The Bertz CT molecular complexity index is 1070. The number of likely N-dealkylation sites (tertiary alicyclic amines) is 1. The molecular formula is C21H26N6O5. The molecule has 170 valence electrons. The first-order valence-corrected chi connectivity index (χ1v) is 10.9. The van der Waals surface area contributed by atoms with Gasteiger partial charge in [-0.1, -0.05) is 12.8 Å². The van der Waals surface area contributed by atoms with E-state index >= 15 is 0 Å². The van der Waals surface area contributed by atoms with Crippen LogP contribution < -0.4 is 5.32 Å². The molecule has 0 aromatic carbocycles. The van der Waals surface area contributed by atoms with Crippen molar-refractivity contribution in [2.45, 2.75) is 45.1 Å². The van der Waals surface area contributed by atoms with Crippen molar-refractivity contribution in [3.05, 3.63) is 18.1 Å². The largest absolute Gasteiger partial charge is 0.478 e. The number of nitrogens with one attached hydrogen (secondary N) is 1. The fourth-order valence-electron chi connectivity index (χ4n) is 4.45. The van der Waals surface area contributed by atoms with Crippen LogP contribution in [-0.4, -0.2) is 72.3 Å². The number of carboxylic acid groups (broad SMARTS) is 2. The lowest BCUT2D eigenvalue weighted by Crippen LogP contribution is -2.24. The van der Waals surface area contributed by atoms with E-state index in [0.717, 1.165) is 51.6 Å². The van der Waals surface area contributed by atoms with Gasteiger partial charge in [-0.2, -0.15) is 5.10 Å². The Hall–Kier alpha value is -3.34. The Balaban J connectivity index is 1.76. The number of hydrogen-bond donors (Lipinski definition) is 3. The SMILES string of the molecule is O=C(O)/C=C(\C(=O)O)c1nn(CCN2CCCC2)c2ncnc(NC(=O)C3CCCC3)c12. The number of aliphatic carboxylic acids is 2. The van der Waals surface area contributed by atoms with Gasteiger partial charge in [0.25, 0.3) is 0 Å². The molecule has 1 amide bonds. The Morgan fingerprint density at radius 2 is 1.78 bits per heavy atom. The summed E-state index contributed by atoms with van der Waals surface area (Å²) < 4.78 is 1.56. The maximum Gasteiger partial charge on any atom is 0.338 e. The average molecular weight is 442 g/mol. The molecule has 0 radical (unpaired) electrons. The molecule has 3 heterocycles. The van der Waals surface area contributed by atoms with E-state index in [9.17, 15) is 24.6 Å². The van der Waals surface area contributed by atoms with Crippen LogP contribution in [0, 0.1) is 5.92 Å². The average Bonchev–Trinajstić information content (AvgIpc) is 3.51. The maximum absolute atomic E-state index is 12.7. The van der Waals surface area contributed by atoms with E-state index in [2.05, 4.69) is 25.3 Å². The van der Waals surface area contributed by atoms with E-state index in [1.807, 2.05) is 0 Å². The standard InChI is InChI=1S/C21H26N6O5/c28-15(29)11-14(21(31)32)17-16-18(24-20(30)13-5-1-2-6-13)22-12-23-19(16)27(25-17)10-9-26-7-3-4-8-26/h11-13H,1-10H2,(H,28,29)(H,31,32)(H,22,23,24,30)/b14-11-. The molecule has 2 fully saturated rings. The van der Waals surface area contributed by atoms with Crippen molar-refractivity contribution in [3.63, 3.8) is 0 Å². The molecule has 0 bridgehead atoms. The van der Waals surface area contributed by atoms with Gasteiger partial charge >= 0.3 is 11.9 Å². The van der Waals surface area contributed by atoms with E-state index in [4.69, 9.17) is 0 Å². The predicted octanol–water partition coefficient (Wildman–Crippen LogP) is 1.60. The van der Waals surface area contributed by atoms with Crippen LogP contribution in [0.25, 0.3) is 16.6 Å². The number of amides is 1. The fraction of sp³-hybridized carbons (Fsp3) is 0.524. The Morgan fingerprint density at radius 1 is 1.06 bits per heavy atom. The van der Waals surface area contributed by atoms with Crippen molar-refractivity contribution in [3.8, 4) is 0 Å². The van der Waals surface area contributed by atoms with E-state index in [1.165, 1.54) is 6.33 Å². The molecule has 11 nitrogen and oxygen atoms in total. The van der Waals surface area contributed by atoms with Crippen LogP contribution in [0.5, 0.6) is 0 Å². The Labute approximate surface area is 184 Å². The van der Waals surface area contributed by atoms with E-state index in [-0.39, 0.29) is 28.7 Å². The number of carbonyl (C=O) groups is 3. The van der Waals surface area contributed by atoms with Gasteiger partial charge in [0.15, 0.2) is 5.65 Å². The molecule has 1 aliphatic carbocycles. The maximum atomic E-state index is 12.7. The van der Waals surface area contributed by atoms with Crippen LogP contribution in [0.2, 0.25) is 0 Å². The summed E-state index contributed by atoms with van der Waals surface area (Å²) in [4.78, 5) is 46.6. The molecule has 1 saturated heterocycles. The number of aromatic nitrogens is 4. The summed E-state index contributed by atoms with van der Waals surface area (Å²) in [6.45, 7) is 3.13. The summed E-state index contributed by atoms with van der Waals surface area (Å²) in [5, 5.41) is 26.3. The zero-order valence-corrected chi connectivity index (χ0v) is 17.7. The summed E-state index contributed by atoms with van der Waals surface area (Å²) in [6.07, 6.45) is 7.73. The van der Waals surface area contributed by atoms with Crippen molar-refractivity contribution < 1.29 is 24.6 Å². The van der Waals surface area contributed by atoms with Crippen LogP contribution in [0.15, 0.2) is 12.4 Å². The van der Waals surface area contributed by atoms with Gasteiger partial charge in [-0.3, -0.25) is 4.79 Å². The third kappa shape index (κ3) is 4.62. The van der Waals surface area contributed by atoms with Crippen LogP contribution in [0.1, 0.15) is 44.2 Å². The first-order chi connectivity index (χ1) is 15.4. The second-order valence-electron chi connectivity index (χ2n) is 8.21. The van der Waals surface area contributed by atoms with Gasteiger partial charge in [-0.25, -0.2) is 24.2 Å². The van der Waals surface area contributed by atoms with Crippen molar-refractivity contribution in [1.82, 2.24) is 24.6 Å². The molecule has 32 heavy (non-hydrogen) atoms. The minimum absolute atomic E-state index is 0.0707. The normalized spacial score (nSPS) is 17.8. The van der Waals surface area contributed by atoms with Crippen LogP contribution >= 0.6 is 0 Å². The van der Waals surface area contributed by atoms with Crippen LogP contribution in [-0.2, 0) is 20.9 Å². The van der Waals surface area contributed by atoms with E-state index in [1.54, 1.807) is 4.68 Å². The molecule has 1 saturated carbocycles. The molecule has 2 aromatic rings. The Morgan fingerprint density at radius 3 is 2.44 bits per heavy atom. The smallest absolute Gasteiger partial charge is 0.338 e. The minimum Gasteiger partial charge on any atom is -0.478 e. The summed E-state index contributed by atoms with van der Waals surface area (Å²) in [5.41, 5.74) is -0.208. The van der Waals surface area contributed by atoms with Crippen molar-refractivity contribution in [2.75, 3.05) is 25.0 Å². The van der Waals surface area contributed by atoms with Gasteiger partial charge in [-0.15, -0.1) is 0 Å². The van der Waals surface area contributed by atoms with Gasteiger partial charge in [0.1, 0.15) is 17.8 Å². The molecule has 4 rings (SSSR count). The summed E-state index contributed by atoms with van der Waals surface area (Å²) >= 11 is 0. The third-order valence-corrected chi connectivity index (χ3v) is 6.08. The monoisotopic (exact) mass is 442 g/mol. The zero-order valence-electron chi connectivity index (χ0n) is 17.7. The molecular weight excluding hydrogens is 416 g/mol. The van der Waals surface area contributed by atoms with E-state index < -0.39 is 17.5 Å². The van der Waals surface area contributed by atoms with Gasteiger partial charge < -0.3 is 20.4 Å². The number of fused-ring (bicyclic) bond motifs is 1. The van der Waals surface area contributed by atoms with Crippen LogP contribution in [0.3, 0.4) is 0 Å². The fourth-order valence-corrected chi connectivity index (χ4v) is 4.45. The van der Waals surface area contributed by atoms with Crippen molar-refractivity contribution in [1.29, 1.82) is 0 Å². The third-order valence-electron chi connectivity index (χ3n) is 6.08. The molecule has 0 spiro atoms. The summed E-state index contributed by atoms with van der Waals surface area (Å²) in [6, 6.07) is 0. The minimum atomic E-state index is -1.43. The van der Waals surface area contributed by atoms with Gasteiger partial charge in [0, 0.05) is 18.5 Å². The molecule has 2 aliphatic rings. The lowest BCUT2D eigenvalue weighted by molar-refractivity contribution is -0.133. The lowest BCUT2D eigenvalue weighted by Gasteiger charge is -2.14. The lowest BCUT2D eigenvalue weighted by atomic mass is 10.1. The first-order valence-electron chi connectivity index (χ1n) is 10.9. The number of hydrogen-bond acceptors (Lipinski definition) is 7. The number of carboxylic acids is 2. The van der Waals surface area contributed by atoms with Crippen molar-refractivity contribution in [2.24, 2.45) is 5.92 Å². The predicted molar refractivity (Wildman–Crippen MR) is 115 cm³/mol. The molecule has 0 atom stereocenters. The molecule has 1 aliphatic heterocycles. The van der Waals surface area contributed by atoms with E-state index in [0.29, 0.717) is 24.8 Å². The van der Waals surface area contributed by atoms with Gasteiger partial charge in [0.05, 0.1) is 17.5 Å². The number of carbonyl (C=O) groups excluding carboxylic acids is 1. The quantitative estimate of drug-likeness (QED) is 0.518. The molecule has 0 unspecified atom stereocenters. The topological polar surface area (TPSA) is 151 Å². The highest BCUT2D eigenvalue weighted by Crippen LogP contribution is 2.31. The number of rotatable bonds is 8. The molecule has 11 heteroatoms. The number of nitrogens with zero attached hydrogens (tertiary/aromatic N) is 5. The van der Waals surface area contributed by atoms with Crippen molar-refractivity contribution >= 4 is 40.3 Å². The first kappa shape index (κ1) is 21.9. The Kier molecular flexibility index (Phi) is 6.45. The van der Waals surface area contributed by atoms with Gasteiger partial charge in [-0.05, 0) is 38.8 Å². The summed E-state index contributed by atoms with van der Waals surface area (Å²) in [7, 11) is 0. The highest BCUT2D eigenvalue weighted by molar-refractivity contribution is 6.23. The molecule has 2 aromatic heterocycles. The molecule has 3 N–H and O–H groups in total. The second-order valence-corrected chi connectivity index (χ2v) is 8.21. The highest BCUT2D eigenvalue weighted by atomic mass is 16.4. The zero-order chi connectivity index (χ0) is 22.7. The number of anilines is 1. The second kappa shape index (κ2) is 9.43. The van der Waals surface area contributed by atoms with Gasteiger partial charge in [0.2, 0.25) is 5.91 Å². The van der Waals surface area contributed by atoms with Crippen LogP contribution in [0.4, 0.5) is 5.82 Å².